The number of hydrogen-bond acceptors (Lipinski definition) is 4. The van der Waals surface area contributed by atoms with Crippen LogP contribution in [0.2, 0.25) is 0 Å². The lowest BCUT2D eigenvalue weighted by atomic mass is 9.96. The summed E-state index contributed by atoms with van der Waals surface area (Å²) < 4.78 is 5.15. The van der Waals surface area contributed by atoms with Gasteiger partial charge in [0, 0.05) is 24.3 Å². The molecule has 0 saturated carbocycles. The smallest absolute Gasteiger partial charge is 0.227 e. The molecule has 0 aliphatic heterocycles. The highest BCUT2D eigenvalue weighted by molar-refractivity contribution is 5.76. The molecule has 0 bridgehead atoms. The van der Waals surface area contributed by atoms with Crippen LogP contribution >= 0.6 is 0 Å². The van der Waals surface area contributed by atoms with Gasteiger partial charge >= 0.3 is 0 Å². The molecule has 1 heterocycles. The molecule has 0 aromatic carbocycles. The molecule has 5 nitrogen and oxygen atoms in total. The highest BCUT2D eigenvalue weighted by Crippen LogP contribution is 2.18. The van der Waals surface area contributed by atoms with Crippen LogP contribution in [0.3, 0.4) is 0 Å². The van der Waals surface area contributed by atoms with E-state index in [1.807, 2.05) is 27.7 Å². The number of nitrogens with zero attached hydrogens (tertiary/aromatic N) is 2. The summed E-state index contributed by atoms with van der Waals surface area (Å²) in [6.45, 7) is 12.3. The number of amides is 1. The van der Waals surface area contributed by atoms with Gasteiger partial charge < -0.3 is 9.84 Å². The average molecular weight is 267 g/mol. The van der Waals surface area contributed by atoms with E-state index < -0.39 is 0 Å². The maximum atomic E-state index is 11.7. The minimum atomic E-state index is -0.129. The first-order valence-electron chi connectivity index (χ1n) is 6.82. The van der Waals surface area contributed by atoms with Crippen molar-refractivity contribution in [1.29, 1.82) is 0 Å². The minimum Gasteiger partial charge on any atom is -0.353 e. The number of hydrogen-bond donors (Lipinski definition) is 1. The molecule has 1 rings (SSSR count). The van der Waals surface area contributed by atoms with E-state index in [-0.39, 0.29) is 17.4 Å². The van der Waals surface area contributed by atoms with Crippen LogP contribution in [0.15, 0.2) is 4.52 Å². The molecule has 0 spiro atoms. The summed E-state index contributed by atoms with van der Waals surface area (Å²) in [6.07, 6.45) is 0.864. The number of carbonyl (C=O) groups is 1. The van der Waals surface area contributed by atoms with Gasteiger partial charge in [-0.2, -0.15) is 4.98 Å². The quantitative estimate of drug-likeness (QED) is 0.889. The summed E-state index contributed by atoms with van der Waals surface area (Å²) in [4.78, 5) is 16.0. The van der Waals surface area contributed by atoms with E-state index in [1.165, 1.54) is 0 Å². The first-order chi connectivity index (χ1) is 8.70. The molecule has 1 aromatic rings. The van der Waals surface area contributed by atoms with Crippen LogP contribution in [0.5, 0.6) is 0 Å². The van der Waals surface area contributed by atoms with E-state index in [0.29, 0.717) is 30.5 Å². The summed E-state index contributed by atoms with van der Waals surface area (Å²) in [6, 6.07) is 0.181. The highest BCUT2D eigenvalue weighted by atomic mass is 16.5. The first-order valence-corrected chi connectivity index (χ1v) is 6.82. The van der Waals surface area contributed by atoms with Crippen molar-refractivity contribution in [2.75, 3.05) is 0 Å². The fourth-order valence-corrected chi connectivity index (χ4v) is 1.37. The van der Waals surface area contributed by atoms with Gasteiger partial charge in [0.25, 0.3) is 0 Å². The Hall–Kier alpha value is -1.39. The minimum absolute atomic E-state index is 0.0247. The van der Waals surface area contributed by atoms with Gasteiger partial charge in [0.1, 0.15) is 0 Å². The Morgan fingerprint density at radius 2 is 1.95 bits per heavy atom. The molecule has 0 radical (unpaired) electrons. The summed E-state index contributed by atoms with van der Waals surface area (Å²) in [5.74, 6) is 1.66. The van der Waals surface area contributed by atoms with Gasteiger partial charge in [-0.1, -0.05) is 39.8 Å². The van der Waals surface area contributed by atoms with Crippen molar-refractivity contribution < 1.29 is 9.32 Å². The molecule has 108 valence electrons. The van der Waals surface area contributed by atoms with E-state index in [2.05, 4.69) is 29.3 Å². The van der Waals surface area contributed by atoms with Crippen molar-refractivity contribution >= 4 is 5.91 Å². The fraction of sp³-hybridized carbons (Fsp3) is 0.786. The zero-order valence-corrected chi connectivity index (χ0v) is 12.8. The Balaban J connectivity index is 2.45. The number of aryl methyl sites for hydroxylation is 1. The molecule has 0 aliphatic carbocycles. The van der Waals surface area contributed by atoms with Crippen LogP contribution in [0.1, 0.15) is 59.7 Å². The monoisotopic (exact) mass is 267 g/mol. The van der Waals surface area contributed by atoms with Gasteiger partial charge in [-0.25, -0.2) is 0 Å². The van der Waals surface area contributed by atoms with Gasteiger partial charge in [0.05, 0.1) is 0 Å². The highest BCUT2D eigenvalue weighted by Gasteiger charge is 2.21. The van der Waals surface area contributed by atoms with Crippen molar-refractivity contribution in [3.8, 4) is 0 Å². The Labute approximate surface area is 115 Å². The topological polar surface area (TPSA) is 68.0 Å². The lowest BCUT2D eigenvalue weighted by molar-refractivity contribution is -0.122. The molecule has 5 heteroatoms. The van der Waals surface area contributed by atoms with Crippen LogP contribution in [-0.4, -0.2) is 22.1 Å². The number of rotatable bonds is 5. The maximum Gasteiger partial charge on any atom is 0.227 e. The van der Waals surface area contributed by atoms with Crippen molar-refractivity contribution in [1.82, 2.24) is 15.5 Å². The molecular weight excluding hydrogens is 242 g/mol. The van der Waals surface area contributed by atoms with Crippen LogP contribution in [0.4, 0.5) is 0 Å². The maximum absolute atomic E-state index is 11.7. The zero-order chi connectivity index (χ0) is 14.6. The summed E-state index contributed by atoms with van der Waals surface area (Å²) in [7, 11) is 0. The predicted octanol–water partition coefficient (Wildman–Crippen LogP) is 2.46. The number of carbonyl (C=O) groups excluding carboxylic acids is 1. The molecule has 0 aliphatic rings. The van der Waals surface area contributed by atoms with Crippen LogP contribution in [0.25, 0.3) is 0 Å². The first kappa shape index (κ1) is 15.7. The van der Waals surface area contributed by atoms with Crippen LogP contribution < -0.4 is 5.32 Å². The Morgan fingerprint density at radius 1 is 1.32 bits per heavy atom. The second kappa shape index (κ2) is 6.17. The van der Waals surface area contributed by atoms with Crippen molar-refractivity contribution in [3.05, 3.63) is 11.7 Å². The second-order valence-electron chi connectivity index (χ2n) is 6.36. The predicted molar refractivity (Wildman–Crippen MR) is 73.8 cm³/mol. The van der Waals surface area contributed by atoms with Gasteiger partial charge in [-0.3, -0.25) is 4.79 Å². The molecule has 1 aromatic heterocycles. The van der Waals surface area contributed by atoms with Gasteiger partial charge in [-0.15, -0.1) is 0 Å². The molecular formula is C14H25N3O2. The summed E-state index contributed by atoms with van der Waals surface area (Å²) >= 11 is 0. The average Bonchev–Trinajstić information content (AvgIpc) is 2.74. The van der Waals surface area contributed by atoms with Gasteiger partial charge in [-0.05, 0) is 12.8 Å². The lowest BCUT2D eigenvalue weighted by Gasteiger charge is -2.16. The molecule has 1 amide bonds. The van der Waals surface area contributed by atoms with E-state index in [9.17, 15) is 4.79 Å². The molecule has 0 unspecified atom stereocenters. The summed E-state index contributed by atoms with van der Waals surface area (Å²) in [5.41, 5.74) is -0.129. The van der Waals surface area contributed by atoms with Gasteiger partial charge in [0.15, 0.2) is 5.82 Å². The SMILES string of the molecule is CC(C)[C@@H](C)NC(=O)CCc1nc(C(C)(C)C)no1. The van der Waals surface area contributed by atoms with Crippen LogP contribution in [0, 0.1) is 5.92 Å². The number of aromatic nitrogens is 2. The third-order valence-electron chi connectivity index (χ3n) is 3.09. The Bertz CT molecular complexity index is 419. The zero-order valence-electron chi connectivity index (χ0n) is 12.8. The third-order valence-corrected chi connectivity index (χ3v) is 3.09. The Morgan fingerprint density at radius 3 is 2.42 bits per heavy atom. The van der Waals surface area contributed by atoms with E-state index in [0.717, 1.165) is 0 Å². The summed E-state index contributed by atoms with van der Waals surface area (Å²) in [5, 5.41) is 6.89. The second-order valence-corrected chi connectivity index (χ2v) is 6.36. The molecule has 0 fully saturated rings. The third kappa shape index (κ3) is 5.01. The van der Waals surface area contributed by atoms with E-state index in [1.54, 1.807) is 0 Å². The standard InChI is InChI=1S/C14H25N3O2/c1-9(2)10(3)15-11(18)7-8-12-16-13(17-19-12)14(4,5)6/h9-10H,7-8H2,1-6H3,(H,15,18)/t10-/m1/s1. The van der Waals surface area contributed by atoms with Crippen molar-refractivity contribution in [2.24, 2.45) is 5.92 Å². The van der Waals surface area contributed by atoms with E-state index >= 15 is 0 Å². The molecule has 1 N–H and O–H groups in total. The normalized spacial score (nSPS) is 13.6. The van der Waals surface area contributed by atoms with Crippen molar-refractivity contribution in [3.63, 3.8) is 0 Å². The van der Waals surface area contributed by atoms with E-state index in [4.69, 9.17) is 4.52 Å². The lowest BCUT2D eigenvalue weighted by Crippen LogP contribution is -2.36. The molecule has 0 saturated heterocycles. The van der Waals surface area contributed by atoms with Crippen LogP contribution in [-0.2, 0) is 16.6 Å². The number of nitrogens with one attached hydrogen (secondary N) is 1. The van der Waals surface area contributed by atoms with Crippen molar-refractivity contribution in [2.45, 2.75) is 65.8 Å². The molecule has 19 heavy (non-hydrogen) atoms. The Kier molecular flexibility index (Phi) is 5.09. The van der Waals surface area contributed by atoms with Gasteiger partial charge in [0.2, 0.25) is 11.8 Å². The fourth-order valence-electron chi connectivity index (χ4n) is 1.37. The largest absolute Gasteiger partial charge is 0.353 e. The molecule has 1 atom stereocenters.